The number of ether oxygens (including phenoxy) is 1. The van der Waals surface area contributed by atoms with E-state index in [-0.39, 0.29) is 5.78 Å². The monoisotopic (exact) mass is 214 g/mol. The summed E-state index contributed by atoms with van der Waals surface area (Å²) >= 11 is 0. The number of fused-ring (bicyclic) bond motifs is 2. The fourth-order valence-corrected chi connectivity index (χ4v) is 2.16. The van der Waals surface area contributed by atoms with Gasteiger partial charge in [0, 0.05) is 0 Å². The number of carbonyl (C=O) groups is 1. The van der Waals surface area contributed by atoms with Crippen LogP contribution in [0.3, 0.4) is 0 Å². The Labute approximate surface area is 92.3 Å². The summed E-state index contributed by atoms with van der Waals surface area (Å²) in [4.78, 5) is 12.0. The minimum atomic E-state index is 0.0370. The van der Waals surface area contributed by atoms with E-state index in [1.807, 2.05) is 25.1 Å². The first-order chi connectivity index (χ1) is 7.72. The zero-order valence-electron chi connectivity index (χ0n) is 9.03. The van der Waals surface area contributed by atoms with Crippen molar-refractivity contribution in [2.75, 3.05) is 7.11 Å². The van der Waals surface area contributed by atoms with Gasteiger partial charge in [0.25, 0.3) is 0 Å². The molecule has 0 radical (unpaired) electrons. The van der Waals surface area contributed by atoms with E-state index >= 15 is 0 Å². The molecule has 3 nitrogen and oxygen atoms in total. The number of ketones is 1. The number of Topliss-reactive ketones (excluding diaryl/α,β-unsaturated/α-hetero) is 1. The molecule has 0 saturated carbocycles. The van der Waals surface area contributed by atoms with Crippen LogP contribution in [0.2, 0.25) is 0 Å². The molecule has 1 aromatic carbocycles. The Morgan fingerprint density at radius 1 is 1.38 bits per heavy atom. The molecule has 0 aliphatic heterocycles. The third-order valence-electron chi connectivity index (χ3n) is 2.90. The van der Waals surface area contributed by atoms with Crippen LogP contribution < -0.4 is 4.74 Å². The molecular weight excluding hydrogens is 204 g/mol. The van der Waals surface area contributed by atoms with Crippen LogP contribution in [-0.2, 0) is 0 Å². The smallest absolute Gasteiger partial charge is 0.193 e. The highest BCUT2D eigenvalue weighted by molar-refractivity contribution is 6.21. The summed E-state index contributed by atoms with van der Waals surface area (Å²) in [6, 6.07) is 3.69. The van der Waals surface area contributed by atoms with E-state index in [0.717, 1.165) is 22.1 Å². The number of hydrogen-bond donors (Lipinski definition) is 0. The molecule has 16 heavy (non-hydrogen) atoms. The van der Waals surface area contributed by atoms with E-state index in [0.29, 0.717) is 11.3 Å². The molecule has 2 aromatic rings. The standard InChI is InChI=1S/C13H10O3/c1-7-5-8-6-10-9(3-4-16-10)13(15-2)11(8)12(7)14/h3-6H,1-2H3. The molecule has 3 rings (SSSR count). The average Bonchev–Trinajstić information content (AvgIpc) is 2.82. The zero-order valence-corrected chi connectivity index (χ0v) is 9.03. The van der Waals surface area contributed by atoms with Crippen molar-refractivity contribution >= 4 is 22.8 Å². The topological polar surface area (TPSA) is 39.4 Å². The maximum absolute atomic E-state index is 12.0. The quantitative estimate of drug-likeness (QED) is 0.732. The Morgan fingerprint density at radius 2 is 2.19 bits per heavy atom. The first kappa shape index (κ1) is 9.21. The number of furan rings is 1. The first-order valence-electron chi connectivity index (χ1n) is 5.03. The lowest BCUT2D eigenvalue weighted by atomic mass is 10.0. The maximum Gasteiger partial charge on any atom is 0.193 e. The van der Waals surface area contributed by atoms with Crippen molar-refractivity contribution < 1.29 is 13.9 Å². The van der Waals surface area contributed by atoms with E-state index in [9.17, 15) is 4.79 Å². The molecule has 0 spiro atoms. The molecule has 3 heteroatoms. The van der Waals surface area contributed by atoms with Gasteiger partial charge in [-0.05, 0) is 36.3 Å². The van der Waals surface area contributed by atoms with Crippen molar-refractivity contribution in [3.63, 3.8) is 0 Å². The molecule has 0 saturated heterocycles. The Kier molecular flexibility index (Phi) is 1.72. The van der Waals surface area contributed by atoms with Crippen LogP contribution in [0.1, 0.15) is 22.8 Å². The Balaban J connectivity index is 2.44. The number of hydrogen-bond acceptors (Lipinski definition) is 3. The van der Waals surface area contributed by atoms with Gasteiger partial charge in [-0.15, -0.1) is 0 Å². The first-order valence-corrected chi connectivity index (χ1v) is 5.03. The van der Waals surface area contributed by atoms with E-state index in [4.69, 9.17) is 9.15 Å². The maximum atomic E-state index is 12.0. The van der Waals surface area contributed by atoms with Crippen LogP contribution >= 0.6 is 0 Å². The van der Waals surface area contributed by atoms with Crippen molar-refractivity contribution in [3.8, 4) is 5.75 Å². The number of benzene rings is 1. The summed E-state index contributed by atoms with van der Waals surface area (Å²) in [5.41, 5.74) is 3.01. The molecule has 0 unspecified atom stereocenters. The van der Waals surface area contributed by atoms with E-state index in [1.54, 1.807) is 13.4 Å². The Hall–Kier alpha value is -2.03. The van der Waals surface area contributed by atoms with Gasteiger partial charge in [0.2, 0.25) is 0 Å². The van der Waals surface area contributed by atoms with Gasteiger partial charge in [-0.2, -0.15) is 0 Å². The van der Waals surface area contributed by atoms with Crippen LogP contribution in [0.15, 0.2) is 28.4 Å². The number of carbonyl (C=O) groups excluding carboxylic acids is 1. The average molecular weight is 214 g/mol. The second-order valence-electron chi connectivity index (χ2n) is 3.86. The SMILES string of the molecule is COc1c2c(cc3occc13)C=C(C)C2=O. The summed E-state index contributed by atoms with van der Waals surface area (Å²) in [6.07, 6.45) is 3.46. The van der Waals surface area contributed by atoms with Gasteiger partial charge < -0.3 is 9.15 Å². The molecule has 1 aliphatic carbocycles. The lowest BCUT2D eigenvalue weighted by molar-refractivity contribution is 0.103. The molecule has 1 heterocycles. The largest absolute Gasteiger partial charge is 0.495 e. The summed E-state index contributed by atoms with van der Waals surface area (Å²) in [7, 11) is 1.57. The minimum Gasteiger partial charge on any atom is -0.495 e. The fourth-order valence-electron chi connectivity index (χ4n) is 2.16. The van der Waals surface area contributed by atoms with Crippen molar-refractivity contribution in [3.05, 3.63) is 35.1 Å². The normalized spacial score (nSPS) is 14.1. The predicted molar refractivity (Wildman–Crippen MR) is 60.7 cm³/mol. The highest BCUT2D eigenvalue weighted by Gasteiger charge is 2.26. The van der Waals surface area contributed by atoms with Crippen molar-refractivity contribution in [2.24, 2.45) is 0 Å². The molecule has 1 aliphatic rings. The molecule has 0 amide bonds. The van der Waals surface area contributed by atoms with Crippen LogP contribution in [0.5, 0.6) is 5.75 Å². The second kappa shape index (κ2) is 2.98. The molecule has 0 fully saturated rings. The third kappa shape index (κ3) is 0.999. The van der Waals surface area contributed by atoms with Gasteiger partial charge in [-0.25, -0.2) is 0 Å². The van der Waals surface area contributed by atoms with E-state index < -0.39 is 0 Å². The van der Waals surface area contributed by atoms with Crippen LogP contribution in [0.25, 0.3) is 17.0 Å². The van der Waals surface area contributed by atoms with E-state index in [1.165, 1.54) is 0 Å². The number of allylic oxidation sites excluding steroid dienone is 1. The number of methoxy groups -OCH3 is 1. The minimum absolute atomic E-state index is 0.0370. The van der Waals surface area contributed by atoms with Gasteiger partial charge in [0.15, 0.2) is 5.78 Å². The summed E-state index contributed by atoms with van der Waals surface area (Å²) in [5.74, 6) is 0.648. The van der Waals surface area contributed by atoms with Crippen molar-refractivity contribution in [1.29, 1.82) is 0 Å². The molecule has 0 atom stereocenters. The molecule has 0 bridgehead atoms. The van der Waals surface area contributed by atoms with Crippen LogP contribution in [0.4, 0.5) is 0 Å². The van der Waals surface area contributed by atoms with Crippen LogP contribution in [-0.4, -0.2) is 12.9 Å². The van der Waals surface area contributed by atoms with Gasteiger partial charge >= 0.3 is 0 Å². The third-order valence-corrected chi connectivity index (χ3v) is 2.90. The Bertz CT molecular complexity index is 632. The van der Waals surface area contributed by atoms with Crippen LogP contribution in [0, 0.1) is 0 Å². The molecule has 80 valence electrons. The summed E-state index contributed by atoms with van der Waals surface area (Å²) in [6.45, 7) is 1.81. The highest BCUT2D eigenvalue weighted by Crippen LogP contribution is 2.38. The predicted octanol–water partition coefficient (Wildman–Crippen LogP) is 3.04. The molecular formula is C13H10O3. The fraction of sp³-hybridized carbons (Fsp3) is 0.154. The summed E-state index contributed by atoms with van der Waals surface area (Å²) < 4.78 is 10.7. The van der Waals surface area contributed by atoms with Crippen molar-refractivity contribution in [2.45, 2.75) is 6.92 Å². The van der Waals surface area contributed by atoms with E-state index in [2.05, 4.69) is 0 Å². The second-order valence-corrected chi connectivity index (χ2v) is 3.86. The zero-order chi connectivity index (χ0) is 11.3. The summed E-state index contributed by atoms with van der Waals surface area (Å²) in [5, 5.41) is 0.845. The molecule has 0 N–H and O–H groups in total. The Morgan fingerprint density at radius 3 is 2.94 bits per heavy atom. The van der Waals surface area contributed by atoms with Crippen molar-refractivity contribution in [1.82, 2.24) is 0 Å². The van der Waals surface area contributed by atoms with Gasteiger partial charge in [0.1, 0.15) is 11.3 Å². The molecule has 1 aromatic heterocycles. The highest BCUT2D eigenvalue weighted by atomic mass is 16.5. The lowest BCUT2D eigenvalue weighted by Gasteiger charge is -2.07. The lowest BCUT2D eigenvalue weighted by Crippen LogP contribution is -2.00. The number of rotatable bonds is 1. The van der Waals surface area contributed by atoms with Gasteiger partial charge in [0.05, 0.1) is 24.3 Å². The van der Waals surface area contributed by atoms with Gasteiger partial charge in [-0.1, -0.05) is 0 Å². The van der Waals surface area contributed by atoms with Gasteiger partial charge in [-0.3, -0.25) is 4.79 Å².